The number of ether oxygens (including phenoxy) is 2. The minimum atomic E-state index is 0.00942. The van der Waals surface area contributed by atoms with Crippen molar-refractivity contribution < 1.29 is 14.3 Å². The van der Waals surface area contributed by atoms with Gasteiger partial charge < -0.3 is 20.5 Å². The van der Waals surface area contributed by atoms with Crippen molar-refractivity contribution in [3.63, 3.8) is 0 Å². The zero-order valence-electron chi connectivity index (χ0n) is 10.9. The SMILES string of the molecule is COCCNC(=O)CN(CCCN)CCOC. The van der Waals surface area contributed by atoms with Gasteiger partial charge in [0.25, 0.3) is 0 Å². The van der Waals surface area contributed by atoms with E-state index >= 15 is 0 Å². The van der Waals surface area contributed by atoms with Gasteiger partial charge in [-0.15, -0.1) is 0 Å². The molecule has 6 heteroatoms. The number of nitrogens with two attached hydrogens (primary N) is 1. The Kier molecular flexibility index (Phi) is 11.3. The number of hydrogen-bond donors (Lipinski definition) is 2. The third-order valence-electron chi connectivity index (χ3n) is 2.29. The van der Waals surface area contributed by atoms with E-state index in [1.165, 1.54) is 0 Å². The van der Waals surface area contributed by atoms with Crippen LogP contribution in [0.3, 0.4) is 0 Å². The van der Waals surface area contributed by atoms with Gasteiger partial charge in [-0.05, 0) is 19.5 Å². The smallest absolute Gasteiger partial charge is 0.234 e. The zero-order chi connectivity index (χ0) is 12.9. The van der Waals surface area contributed by atoms with Crippen molar-refractivity contribution >= 4 is 5.91 Å². The lowest BCUT2D eigenvalue weighted by molar-refractivity contribution is -0.122. The predicted octanol–water partition coefficient (Wildman–Crippen LogP) is -0.954. The summed E-state index contributed by atoms with van der Waals surface area (Å²) >= 11 is 0. The van der Waals surface area contributed by atoms with E-state index in [2.05, 4.69) is 5.32 Å². The molecule has 0 aromatic carbocycles. The van der Waals surface area contributed by atoms with Crippen LogP contribution in [0.2, 0.25) is 0 Å². The molecule has 17 heavy (non-hydrogen) atoms. The summed E-state index contributed by atoms with van der Waals surface area (Å²) in [4.78, 5) is 13.6. The summed E-state index contributed by atoms with van der Waals surface area (Å²) in [6.45, 7) is 4.28. The maximum Gasteiger partial charge on any atom is 0.234 e. The van der Waals surface area contributed by atoms with E-state index < -0.39 is 0 Å². The zero-order valence-corrected chi connectivity index (χ0v) is 10.9. The van der Waals surface area contributed by atoms with E-state index in [0.29, 0.717) is 32.8 Å². The Morgan fingerprint density at radius 2 is 1.94 bits per heavy atom. The van der Waals surface area contributed by atoms with E-state index in [1.807, 2.05) is 4.90 Å². The standard InChI is InChI=1S/C11H25N3O3/c1-16-8-5-13-11(15)10-14(6-3-4-12)7-9-17-2/h3-10,12H2,1-2H3,(H,13,15). The fraction of sp³-hybridized carbons (Fsp3) is 0.909. The average molecular weight is 247 g/mol. The molecule has 0 aliphatic rings. The minimum absolute atomic E-state index is 0.00942. The number of amides is 1. The number of rotatable bonds is 11. The van der Waals surface area contributed by atoms with Gasteiger partial charge in [0, 0.05) is 27.3 Å². The molecule has 3 N–H and O–H groups in total. The molecule has 0 rings (SSSR count). The molecule has 0 aliphatic carbocycles. The van der Waals surface area contributed by atoms with Gasteiger partial charge in [0.05, 0.1) is 19.8 Å². The van der Waals surface area contributed by atoms with Crippen molar-refractivity contribution in [3.05, 3.63) is 0 Å². The van der Waals surface area contributed by atoms with Gasteiger partial charge in [-0.25, -0.2) is 0 Å². The van der Waals surface area contributed by atoms with E-state index in [1.54, 1.807) is 14.2 Å². The molecule has 0 spiro atoms. The maximum atomic E-state index is 11.6. The van der Waals surface area contributed by atoms with E-state index in [4.69, 9.17) is 15.2 Å². The molecule has 6 nitrogen and oxygen atoms in total. The van der Waals surface area contributed by atoms with Gasteiger partial charge in [-0.2, -0.15) is 0 Å². The Labute approximate surface area is 103 Å². The first-order chi connectivity index (χ1) is 8.24. The molecule has 0 unspecified atom stereocenters. The summed E-state index contributed by atoms with van der Waals surface area (Å²) in [7, 11) is 3.26. The average Bonchev–Trinajstić information content (AvgIpc) is 2.33. The van der Waals surface area contributed by atoms with Crippen LogP contribution >= 0.6 is 0 Å². The number of carbonyl (C=O) groups is 1. The minimum Gasteiger partial charge on any atom is -0.383 e. The lowest BCUT2D eigenvalue weighted by atomic mass is 10.3. The molecule has 1 amide bonds. The highest BCUT2D eigenvalue weighted by atomic mass is 16.5. The molecule has 0 aromatic rings. The second-order valence-electron chi connectivity index (χ2n) is 3.75. The molecule has 0 fully saturated rings. The fourth-order valence-corrected chi connectivity index (χ4v) is 1.36. The van der Waals surface area contributed by atoms with Gasteiger partial charge in [0.1, 0.15) is 0 Å². The normalized spacial score (nSPS) is 10.8. The summed E-state index contributed by atoms with van der Waals surface area (Å²) in [6, 6.07) is 0. The molecule has 102 valence electrons. The number of methoxy groups -OCH3 is 2. The summed E-state index contributed by atoms with van der Waals surface area (Å²) in [5.74, 6) is 0.00942. The first kappa shape index (κ1) is 16.3. The topological polar surface area (TPSA) is 76.8 Å². The van der Waals surface area contributed by atoms with Crippen LogP contribution in [0.15, 0.2) is 0 Å². The fourth-order valence-electron chi connectivity index (χ4n) is 1.36. The predicted molar refractivity (Wildman–Crippen MR) is 66.9 cm³/mol. The third-order valence-corrected chi connectivity index (χ3v) is 2.29. The summed E-state index contributed by atoms with van der Waals surface area (Å²) < 4.78 is 9.87. The van der Waals surface area contributed by atoms with Gasteiger partial charge in [0.2, 0.25) is 5.91 Å². The highest BCUT2D eigenvalue weighted by molar-refractivity contribution is 5.77. The van der Waals surface area contributed by atoms with Crippen molar-refractivity contribution in [2.75, 3.05) is 60.2 Å². The van der Waals surface area contributed by atoms with Crippen LogP contribution in [-0.2, 0) is 14.3 Å². The van der Waals surface area contributed by atoms with E-state index in [-0.39, 0.29) is 5.91 Å². The molecule has 0 saturated heterocycles. The molecular weight excluding hydrogens is 222 g/mol. The van der Waals surface area contributed by atoms with E-state index in [9.17, 15) is 4.79 Å². The molecule has 0 atom stereocenters. The van der Waals surface area contributed by atoms with Crippen molar-refractivity contribution in [2.45, 2.75) is 6.42 Å². The van der Waals surface area contributed by atoms with Crippen molar-refractivity contribution in [3.8, 4) is 0 Å². The highest BCUT2D eigenvalue weighted by Gasteiger charge is 2.09. The van der Waals surface area contributed by atoms with Crippen LogP contribution < -0.4 is 11.1 Å². The number of hydrogen-bond acceptors (Lipinski definition) is 5. The Hall–Kier alpha value is -0.690. The van der Waals surface area contributed by atoms with Gasteiger partial charge in [-0.1, -0.05) is 0 Å². The molecule has 0 saturated carbocycles. The summed E-state index contributed by atoms with van der Waals surface area (Å²) in [6.07, 6.45) is 0.884. The number of nitrogens with one attached hydrogen (secondary N) is 1. The molecule has 0 aliphatic heterocycles. The molecule has 0 bridgehead atoms. The van der Waals surface area contributed by atoms with Crippen LogP contribution in [0.4, 0.5) is 0 Å². The van der Waals surface area contributed by atoms with Crippen molar-refractivity contribution in [1.82, 2.24) is 10.2 Å². The maximum absolute atomic E-state index is 11.6. The van der Waals surface area contributed by atoms with Crippen LogP contribution in [0.5, 0.6) is 0 Å². The first-order valence-electron chi connectivity index (χ1n) is 5.91. The third kappa shape index (κ3) is 10.2. The molecule has 0 heterocycles. The second kappa shape index (κ2) is 11.8. The lowest BCUT2D eigenvalue weighted by Crippen LogP contribution is -2.40. The largest absolute Gasteiger partial charge is 0.383 e. The highest BCUT2D eigenvalue weighted by Crippen LogP contribution is 1.91. The number of carbonyl (C=O) groups excluding carboxylic acids is 1. The van der Waals surface area contributed by atoms with Crippen LogP contribution in [0.25, 0.3) is 0 Å². The Morgan fingerprint density at radius 1 is 1.24 bits per heavy atom. The van der Waals surface area contributed by atoms with Crippen molar-refractivity contribution in [2.24, 2.45) is 5.73 Å². The van der Waals surface area contributed by atoms with E-state index in [0.717, 1.165) is 19.5 Å². The van der Waals surface area contributed by atoms with Gasteiger partial charge >= 0.3 is 0 Å². The van der Waals surface area contributed by atoms with Crippen LogP contribution in [0.1, 0.15) is 6.42 Å². The van der Waals surface area contributed by atoms with Crippen LogP contribution in [-0.4, -0.2) is 71.0 Å². The number of nitrogens with zero attached hydrogens (tertiary/aromatic N) is 1. The molecule has 0 radical (unpaired) electrons. The summed E-state index contributed by atoms with van der Waals surface area (Å²) in [5.41, 5.74) is 5.46. The Morgan fingerprint density at radius 3 is 2.53 bits per heavy atom. The Bertz CT molecular complexity index is 183. The molecule has 0 aromatic heterocycles. The second-order valence-corrected chi connectivity index (χ2v) is 3.75. The quantitative estimate of drug-likeness (QED) is 0.460. The van der Waals surface area contributed by atoms with Crippen LogP contribution in [0, 0.1) is 0 Å². The first-order valence-corrected chi connectivity index (χ1v) is 5.91. The molecular formula is C11H25N3O3. The monoisotopic (exact) mass is 247 g/mol. The summed E-state index contributed by atoms with van der Waals surface area (Å²) in [5, 5.41) is 2.79. The van der Waals surface area contributed by atoms with Gasteiger partial charge in [0.15, 0.2) is 0 Å². The Balaban J connectivity index is 3.81. The van der Waals surface area contributed by atoms with Crippen molar-refractivity contribution in [1.29, 1.82) is 0 Å². The van der Waals surface area contributed by atoms with Gasteiger partial charge in [-0.3, -0.25) is 9.69 Å². The lowest BCUT2D eigenvalue weighted by Gasteiger charge is -2.20.